The lowest BCUT2D eigenvalue weighted by Gasteiger charge is -2.05. The van der Waals surface area contributed by atoms with Gasteiger partial charge in [0, 0.05) is 0 Å². The molecule has 6 heteroatoms. The predicted molar refractivity (Wildman–Crippen MR) is 106 cm³/mol. The number of hydrogen-bond donors (Lipinski definition) is 4. The van der Waals surface area contributed by atoms with Crippen molar-refractivity contribution in [3.8, 4) is 0 Å². The number of carboxylic acids is 2. The van der Waals surface area contributed by atoms with Crippen LogP contribution in [0.15, 0.2) is 60.7 Å². The fourth-order valence-electron chi connectivity index (χ4n) is 2.37. The molecule has 1 atom stereocenters. The van der Waals surface area contributed by atoms with Crippen LogP contribution in [0.5, 0.6) is 0 Å². The van der Waals surface area contributed by atoms with Gasteiger partial charge in [-0.25, -0.2) is 0 Å². The fourth-order valence-corrected chi connectivity index (χ4v) is 2.37. The van der Waals surface area contributed by atoms with Crippen LogP contribution >= 0.6 is 0 Å². The molecule has 2 rings (SSSR count). The number of carbonyl (C=O) groups is 2. The third-order valence-electron chi connectivity index (χ3n) is 3.85. The maximum Gasteiger partial charge on any atom is 0.320 e. The molecule has 0 saturated heterocycles. The summed E-state index contributed by atoms with van der Waals surface area (Å²) in [7, 11) is 0. The third kappa shape index (κ3) is 11.5. The first-order chi connectivity index (χ1) is 13.0. The lowest BCUT2D eigenvalue weighted by atomic mass is 10.1. The molecule has 0 bridgehead atoms. The fraction of sp³-hybridized carbons (Fsp3) is 0.333. The van der Waals surface area contributed by atoms with E-state index in [0.29, 0.717) is 13.0 Å². The summed E-state index contributed by atoms with van der Waals surface area (Å²) in [6, 6.07) is 19.3. The molecular formula is C21H28N2O4. The molecule has 0 spiro atoms. The van der Waals surface area contributed by atoms with E-state index < -0.39 is 18.0 Å². The minimum absolute atomic E-state index is 0.0346. The van der Waals surface area contributed by atoms with Crippen LogP contribution in [0.3, 0.4) is 0 Å². The average Bonchev–Trinajstić information content (AvgIpc) is 2.67. The predicted octanol–water partition coefficient (Wildman–Crippen LogP) is 2.32. The number of aliphatic carboxylic acids is 2. The van der Waals surface area contributed by atoms with Gasteiger partial charge in [-0.05, 0) is 43.4 Å². The van der Waals surface area contributed by atoms with E-state index in [1.165, 1.54) is 11.1 Å². The lowest BCUT2D eigenvalue weighted by Crippen LogP contribution is -2.29. The summed E-state index contributed by atoms with van der Waals surface area (Å²) in [4.78, 5) is 20.6. The zero-order valence-electron chi connectivity index (χ0n) is 15.4. The molecule has 0 unspecified atom stereocenters. The van der Waals surface area contributed by atoms with E-state index in [0.717, 1.165) is 19.3 Å². The van der Waals surface area contributed by atoms with Gasteiger partial charge in [-0.15, -0.1) is 0 Å². The van der Waals surface area contributed by atoms with Crippen LogP contribution in [0.2, 0.25) is 0 Å². The van der Waals surface area contributed by atoms with Crippen LogP contribution < -0.4 is 11.1 Å². The Morgan fingerprint density at radius 3 is 1.89 bits per heavy atom. The van der Waals surface area contributed by atoms with Crippen LogP contribution in [0.4, 0.5) is 0 Å². The SMILES string of the molecule is N[C@@H](CCCc1ccccc1)C(=O)O.O=C(O)CNCCc1ccccc1. The van der Waals surface area contributed by atoms with Crippen molar-refractivity contribution in [2.45, 2.75) is 31.7 Å². The molecule has 146 valence electrons. The van der Waals surface area contributed by atoms with Crippen molar-refractivity contribution in [1.29, 1.82) is 0 Å². The largest absolute Gasteiger partial charge is 0.480 e. The number of hydrogen-bond acceptors (Lipinski definition) is 4. The number of carboxylic acid groups (broad SMARTS) is 2. The Morgan fingerprint density at radius 2 is 1.41 bits per heavy atom. The van der Waals surface area contributed by atoms with Gasteiger partial charge in [-0.2, -0.15) is 0 Å². The van der Waals surface area contributed by atoms with Gasteiger partial charge in [0.1, 0.15) is 6.04 Å². The van der Waals surface area contributed by atoms with E-state index in [1.54, 1.807) is 0 Å². The number of benzene rings is 2. The molecule has 0 aromatic heterocycles. The van der Waals surface area contributed by atoms with Gasteiger partial charge in [0.2, 0.25) is 0 Å². The Balaban J connectivity index is 0.000000271. The number of aryl methyl sites for hydroxylation is 1. The molecule has 2 aromatic rings. The standard InChI is InChI=1S/C11H15NO2.C10H13NO2/c12-10(11(13)14)8-4-7-9-5-2-1-3-6-9;12-10(13)8-11-7-6-9-4-2-1-3-5-9/h1-3,5-6,10H,4,7-8,12H2,(H,13,14);1-5,11H,6-8H2,(H,12,13)/t10-;/m0./s1. The quantitative estimate of drug-likeness (QED) is 0.476. The van der Waals surface area contributed by atoms with Crippen LogP contribution in [-0.4, -0.2) is 41.3 Å². The Kier molecular flexibility index (Phi) is 11.2. The number of nitrogens with one attached hydrogen (secondary N) is 1. The minimum Gasteiger partial charge on any atom is -0.480 e. The smallest absolute Gasteiger partial charge is 0.320 e. The normalized spacial score (nSPS) is 11.1. The van der Waals surface area contributed by atoms with Gasteiger partial charge in [-0.1, -0.05) is 60.7 Å². The number of rotatable bonds is 10. The van der Waals surface area contributed by atoms with Crippen molar-refractivity contribution in [3.63, 3.8) is 0 Å². The highest BCUT2D eigenvalue weighted by atomic mass is 16.4. The topological polar surface area (TPSA) is 113 Å². The van der Waals surface area contributed by atoms with Gasteiger partial charge in [0.05, 0.1) is 6.54 Å². The van der Waals surface area contributed by atoms with Crippen molar-refractivity contribution < 1.29 is 19.8 Å². The van der Waals surface area contributed by atoms with Crippen molar-refractivity contribution >= 4 is 11.9 Å². The zero-order valence-corrected chi connectivity index (χ0v) is 15.4. The Hall–Kier alpha value is -2.70. The second-order valence-corrected chi connectivity index (χ2v) is 6.13. The van der Waals surface area contributed by atoms with E-state index >= 15 is 0 Å². The lowest BCUT2D eigenvalue weighted by molar-refractivity contribution is -0.139. The van der Waals surface area contributed by atoms with Gasteiger partial charge in [-0.3, -0.25) is 9.59 Å². The van der Waals surface area contributed by atoms with Crippen molar-refractivity contribution in [2.75, 3.05) is 13.1 Å². The van der Waals surface area contributed by atoms with E-state index in [1.807, 2.05) is 60.7 Å². The molecule has 0 amide bonds. The maximum absolute atomic E-state index is 10.4. The molecular weight excluding hydrogens is 344 g/mol. The first-order valence-corrected chi connectivity index (χ1v) is 8.97. The van der Waals surface area contributed by atoms with E-state index in [4.69, 9.17) is 15.9 Å². The highest BCUT2D eigenvalue weighted by molar-refractivity contribution is 5.72. The second kappa shape index (κ2) is 13.5. The third-order valence-corrected chi connectivity index (χ3v) is 3.85. The summed E-state index contributed by atoms with van der Waals surface area (Å²) in [6.45, 7) is 0.739. The first-order valence-electron chi connectivity index (χ1n) is 8.97. The monoisotopic (exact) mass is 372 g/mol. The zero-order chi connectivity index (χ0) is 19.9. The molecule has 27 heavy (non-hydrogen) atoms. The molecule has 5 N–H and O–H groups in total. The van der Waals surface area contributed by atoms with Crippen molar-refractivity contribution in [3.05, 3.63) is 71.8 Å². The summed E-state index contributed by atoms with van der Waals surface area (Å²) in [5.41, 5.74) is 7.83. The Labute approximate surface area is 160 Å². The highest BCUT2D eigenvalue weighted by Gasteiger charge is 2.09. The van der Waals surface area contributed by atoms with Crippen molar-refractivity contribution in [2.24, 2.45) is 5.73 Å². The Bertz CT molecular complexity index is 662. The molecule has 0 aliphatic rings. The van der Waals surface area contributed by atoms with E-state index in [2.05, 4.69) is 5.32 Å². The summed E-state index contributed by atoms with van der Waals surface area (Å²) < 4.78 is 0. The summed E-state index contributed by atoms with van der Waals surface area (Å²) >= 11 is 0. The van der Waals surface area contributed by atoms with E-state index in [9.17, 15) is 9.59 Å². The molecule has 0 saturated carbocycles. The Morgan fingerprint density at radius 1 is 0.889 bits per heavy atom. The molecule has 0 heterocycles. The molecule has 0 aliphatic carbocycles. The first kappa shape index (κ1) is 22.3. The van der Waals surface area contributed by atoms with Crippen LogP contribution in [-0.2, 0) is 22.4 Å². The van der Waals surface area contributed by atoms with Crippen molar-refractivity contribution in [1.82, 2.24) is 5.32 Å². The van der Waals surface area contributed by atoms with Crippen LogP contribution in [0.1, 0.15) is 24.0 Å². The van der Waals surface area contributed by atoms with Gasteiger partial charge >= 0.3 is 11.9 Å². The second-order valence-electron chi connectivity index (χ2n) is 6.13. The van der Waals surface area contributed by atoms with Gasteiger partial charge < -0.3 is 21.3 Å². The molecule has 0 aliphatic heterocycles. The summed E-state index contributed by atoms with van der Waals surface area (Å²) in [6.07, 6.45) is 3.11. The van der Waals surface area contributed by atoms with E-state index in [-0.39, 0.29) is 6.54 Å². The van der Waals surface area contributed by atoms with Gasteiger partial charge in [0.25, 0.3) is 0 Å². The highest BCUT2D eigenvalue weighted by Crippen LogP contribution is 2.05. The maximum atomic E-state index is 10.4. The molecule has 6 nitrogen and oxygen atoms in total. The van der Waals surface area contributed by atoms with Crippen LogP contribution in [0.25, 0.3) is 0 Å². The molecule has 0 radical (unpaired) electrons. The van der Waals surface area contributed by atoms with Gasteiger partial charge in [0.15, 0.2) is 0 Å². The summed E-state index contributed by atoms with van der Waals surface area (Å²) in [5, 5.41) is 19.7. The van der Waals surface area contributed by atoms with Crippen LogP contribution in [0, 0.1) is 0 Å². The minimum atomic E-state index is -0.918. The molecule has 2 aromatic carbocycles. The molecule has 0 fully saturated rings. The average molecular weight is 372 g/mol. The number of nitrogens with two attached hydrogens (primary N) is 1. The summed E-state index contributed by atoms with van der Waals surface area (Å²) in [5.74, 6) is -1.73.